The van der Waals surface area contributed by atoms with Crippen LogP contribution in [-0.2, 0) is 0 Å². The van der Waals surface area contributed by atoms with Gasteiger partial charge in [0.05, 0.1) is 0 Å². The van der Waals surface area contributed by atoms with Crippen LogP contribution in [0.5, 0.6) is 0 Å². The van der Waals surface area contributed by atoms with Gasteiger partial charge in [0.15, 0.2) is 0 Å². The molecule has 0 unspecified atom stereocenters. The largest absolute Gasteiger partial charge is 0.438 e. The van der Waals surface area contributed by atoms with Crippen LogP contribution in [0.4, 0.5) is 32.0 Å². The van der Waals surface area contributed by atoms with Crippen LogP contribution in [0.2, 0.25) is 0 Å². The number of nitrogens with two attached hydrogens (primary N) is 1. The molecule has 2 nitrogen and oxygen atoms in total. The lowest BCUT2D eigenvalue weighted by atomic mass is 10.0. The average molecular weight is 283 g/mol. The highest BCUT2D eigenvalue weighted by Gasteiger charge is 2.70. The van der Waals surface area contributed by atoms with Crippen LogP contribution >= 0.6 is 0 Å². The summed E-state index contributed by atoms with van der Waals surface area (Å²) in [5.74, 6) is 2.46. The maximum absolute atomic E-state index is 12.3. The quantitative estimate of drug-likeness (QED) is 0.436. The zero-order valence-electron chi connectivity index (χ0n) is 9.10. The molecule has 0 heterocycles. The van der Waals surface area contributed by atoms with E-state index in [0.717, 1.165) is 18.1 Å². The Morgan fingerprint density at radius 3 is 1.68 bits per heavy atom. The van der Waals surface area contributed by atoms with E-state index in [-0.39, 0.29) is 11.3 Å². The van der Waals surface area contributed by atoms with Crippen LogP contribution in [-0.4, -0.2) is 23.1 Å². The molecule has 0 aliphatic rings. The average Bonchev–Trinajstić information content (AvgIpc) is 2.24. The Hall–Kier alpha value is -1.88. The van der Waals surface area contributed by atoms with Crippen molar-refractivity contribution < 1.29 is 31.4 Å². The monoisotopic (exact) mass is 283 g/mol. The number of hydrogen-bond donors (Lipinski definition) is 2. The van der Waals surface area contributed by atoms with Crippen LogP contribution in [0.25, 0.3) is 0 Å². The summed E-state index contributed by atoms with van der Waals surface area (Å²) in [4.78, 5) is 0. The summed E-state index contributed by atoms with van der Waals surface area (Å²) in [6, 6.07) is 4.78. The van der Waals surface area contributed by atoms with Gasteiger partial charge in [-0.2, -0.15) is 26.3 Å². The first-order chi connectivity index (χ1) is 8.47. The first-order valence-corrected chi connectivity index (χ1v) is 4.72. The van der Waals surface area contributed by atoms with Gasteiger partial charge >= 0.3 is 18.0 Å². The summed E-state index contributed by atoms with van der Waals surface area (Å²) in [5, 5.41) is 8.75. The Kier molecular flexibility index (Phi) is 3.72. The fourth-order valence-corrected chi connectivity index (χ4v) is 1.03. The van der Waals surface area contributed by atoms with Gasteiger partial charge in [-0.3, -0.25) is 0 Å². The van der Waals surface area contributed by atoms with E-state index in [2.05, 4.69) is 0 Å². The minimum atomic E-state index is -5.95. The van der Waals surface area contributed by atoms with Crippen LogP contribution in [0.15, 0.2) is 24.3 Å². The third kappa shape index (κ3) is 3.12. The third-order valence-electron chi connectivity index (χ3n) is 2.12. The molecule has 0 radical (unpaired) electrons. The molecule has 0 aliphatic carbocycles. The SMILES string of the molecule is Nc1ccc(C#CC(O)(C(F)(F)F)C(F)(F)F)cc1. The molecule has 1 aromatic carbocycles. The first-order valence-electron chi connectivity index (χ1n) is 4.72. The highest BCUT2D eigenvalue weighted by Crippen LogP contribution is 2.42. The second-order valence-corrected chi connectivity index (χ2v) is 3.58. The topological polar surface area (TPSA) is 46.2 Å². The smallest absolute Gasteiger partial charge is 0.399 e. The number of anilines is 1. The number of hydrogen-bond acceptors (Lipinski definition) is 2. The van der Waals surface area contributed by atoms with Crippen LogP contribution in [0.3, 0.4) is 0 Å². The number of benzene rings is 1. The molecule has 1 aromatic rings. The Labute approximate surface area is 103 Å². The van der Waals surface area contributed by atoms with Crippen LogP contribution in [0.1, 0.15) is 5.56 Å². The highest BCUT2D eigenvalue weighted by atomic mass is 19.4. The number of rotatable bonds is 0. The van der Waals surface area contributed by atoms with Gasteiger partial charge in [-0.25, -0.2) is 0 Å². The number of nitrogen functional groups attached to an aromatic ring is 1. The zero-order chi connectivity index (χ0) is 14.9. The van der Waals surface area contributed by atoms with E-state index >= 15 is 0 Å². The normalized spacial score (nSPS) is 12.8. The van der Waals surface area contributed by atoms with Crippen molar-refractivity contribution in [2.45, 2.75) is 18.0 Å². The fraction of sp³-hybridized carbons (Fsp3) is 0.273. The van der Waals surface area contributed by atoms with E-state index in [1.807, 2.05) is 0 Å². The molecule has 0 spiro atoms. The van der Waals surface area contributed by atoms with Gasteiger partial charge in [0.2, 0.25) is 0 Å². The molecule has 0 atom stereocenters. The maximum atomic E-state index is 12.3. The Morgan fingerprint density at radius 1 is 0.895 bits per heavy atom. The molecule has 0 aliphatic heterocycles. The Bertz CT molecular complexity index is 491. The minimum Gasteiger partial charge on any atom is -0.399 e. The molecular formula is C11H7F6NO. The zero-order valence-corrected chi connectivity index (χ0v) is 9.10. The van der Waals surface area contributed by atoms with Crippen LogP contribution in [0, 0.1) is 11.8 Å². The molecule has 0 amide bonds. The Balaban J connectivity index is 3.22. The van der Waals surface area contributed by atoms with Crippen molar-refractivity contribution in [1.82, 2.24) is 0 Å². The summed E-state index contributed by atoms with van der Waals surface area (Å²) in [5.41, 5.74) is 0.354. The molecule has 104 valence electrons. The van der Waals surface area contributed by atoms with Gasteiger partial charge in [0.25, 0.3) is 0 Å². The molecule has 0 saturated heterocycles. The van der Waals surface area contributed by atoms with Crippen molar-refractivity contribution in [3.63, 3.8) is 0 Å². The lowest BCUT2D eigenvalue weighted by molar-refractivity contribution is -0.343. The predicted molar refractivity (Wildman–Crippen MR) is 54.8 cm³/mol. The Morgan fingerprint density at radius 2 is 1.32 bits per heavy atom. The van der Waals surface area contributed by atoms with Crippen molar-refractivity contribution in [3.8, 4) is 11.8 Å². The third-order valence-corrected chi connectivity index (χ3v) is 2.12. The highest BCUT2D eigenvalue weighted by molar-refractivity contribution is 5.45. The van der Waals surface area contributed by atoms with Gasteiger partial charge in [0.1, 0.15) is 0 Å². The summed E-state index contributed by atoms with van der Waals surface area (Å²) >= 11 is 0. The van der Waals surface area contributed by atoms with Gasteiger partial charge < -0.3 is 10.8 Å². The number of halogens is 6. The lowest BCUT2D eigenvalue weighted by Crippen LogP contribution is -2.55. The second-order valence-electron chi connectivity index (χ2n) is 3.58. The minimum absolute atomic E-state index is 0.138. The second kappa shape index (κ2) is 4.66. The summed E-state index contributed by atoms with van der Waals surface area (Å²) in [6.45, 7) is 0. The number of alkyl halides is 6. The standard InChI is InChI=1S/C11H7F6NO/c12-10(13,14)9(19,11(15,16)17)6-5-7-1-3-8(18)4-2-7/h1-4,19H,18H2. The summed E-state index contributed by atoms with van der Waals surface area (Å²) in [7, 11) is 0. The van der Waals surface area contributed by atoms with Gasteiger partial charge in [0, 0.05) is 11.3 Å². The maximum Gasteiger partial charge on any atom is 0.438 e. The summed E-state index contributed by atoms with van der Waals surface area (Å²) in [6.07, 6.45) is -11.9. The first kappa shape index (κ1) is 15.2. The van der Waals surface area contributed by atoms with E-state index in [9.17, 15) is 26.3 Å². The molecule has 0 aromatic heterocycles. The molecule has 3 N–H and O–H groups in total. The summed E-state index contributed by atoms with van der Waals surface area (Å²) < 4.78 is 73.6. The molecule has 0 saturated carbocycles. The van der Waals surface area contributed by atoms with Gasteiger partial charge in [-0.05, 0) is 30.2 Å². The van der Waals surface area contributed by atoms with E-state index in [4.69, 9.17) is 10.8 Å². The van der Waals surface area contributed by atoms with Gasteiger partial charge in [-0.1, -0.05) is 5.92 Å². The van der Waals surface area contributed by atoms with E-state index in [1.165, 1.54) is 12.1 Å². The molecule has 0 fully saturated rings. The van der Waals surface area contributed by atoms with E-state index in [0.29, 0.717) is 0 Å². The van der Waals surface area contributed by atoms with Crippen molar-refractivity contribution in [2.24, 2.45) is 0 Å². The van der Waals surface area contributed by atoms with Crippen molar-refractivity contribution in [1.29, 1.82) is 0 Å². The van der Waals surface area contributed by atoms with E-state index < -0.39 is 18.0 Å². The lowest BCUT2D eigenvalue weighted by Gasteiger charge is -2.27. The molecule has 19 heavy (non-hydrogen) atoms. The van der Waals surface area contributed by atoms with Crippen molar-refractivity contribution >= 4 is 5.69 Å². The van der Waals surface area contributed by atoms with Crippen molar-refractivity contribution in [2.75, 3.05) is 5.73 Å². The predicted octanol–water partition coefficient (Wildman–Crippen LogP) is 2.48. The van der Waals surface area contributed by atoms with Crippen molar-refractivity contribution in [3.05, 3.63) is 29.8 Å². The van der Waals surface area contributed by atoms with Crippen LogP contribution < -0.4 is 5.73 Å². The number of aliphatic hydroxyl groups is 1. The van der Waals surface area contributed by atoms with Gasteiger partial charge in [-0.15, -0.1) is 0 Å². The van der Waals surface area contributed by atoms with E-state index in [1.54, 1.807) is 5.92 Å². The molecule has 1 rings (SSSR count). The molecule has 0 bridgehead atoms. The molecule has 8 heteroatoms. The molecular weight excluding hydrogens is 276 g/mol. The fourth-order valence-electron chi connectivity index (χ4n) is 1.03.